The fraction of sp³-hybridized carbons (Fsp3) is 0.731. The van der Waals surface area contributed by atoms with E-state index < -0.39 is 46.4 Å². The van der Waals surface area contributed by atoms with Gasteiger partial charge in [0.15, 0.2) is 17.7 Å². The molecular formula is C26H45N9O8S. The number of aliphatic hydroxyl groups is 2. The molecule has 0 radical (unpaired) electrons. The Balaban J connectivity index is 1.53. The number of carboxylic acids is 1. The number of anilines is 2. The molecule has 0 spiro atoms. The number of aliphatic carboxylic acids is 1. The van der Waals surface area contributed by atoms with Gasteiger partial charge in [-0.1, -0.05) is 19.8 Å². The number of hydrogen-bond donors (Lipinski definition) is 7. The third kappa shape index (κ3) is 10.2. The van der Waals surface area contributed by atoms with Gasteiger partial charge in [0.2, 0.25) is 11.9 Å². The van der Waals surface area contributed by atoms with Crippen LogP contribution in [0.15, 0.2) is 6.33 Å². The molecule has 1 aliphatic rings. The molecule has 248 valence electrons. The van der Waals surface area contributed by atoms with Crippen LogP contribution in [0.25, 0.3) is 11.2 Å². The number of sulfone groups is 1. The number of aromatic nitrogens is 4. The molecule has 3 heterocycles. The number of nitrogens with one attached hydrogen (secondary N) is 2. The number of carbonyl (C=O) groups excluding carboxylic acids is 1. The zero-order chi connectivity index (χ0) is 32.4. The minimum Gasteiger partial charge on any atom is -0.480 e. The van der Waals surface area contributed by atoms with Crippen LogP contribution in [0.1, 0.15) is 51.7 Å². The van der Waals surface area contributed by atoms with E-state index in [0.29, 0.717) is 45.4 Å². The predicted octanol–water partition coefficient (Wildman–Crippen LogP) is -1.33. The number of nitrogens with zero attached hydrogens (tertiary/aromatic N) is 5. The summed E-state index contributed by atoms with van der Waals surface area (Å²) in [4.78, 5) is 38.0. The number of nitrogens with two attached hydrogens (primary N) is 2. The van der Waals surface area contributed by atoms with E-state index in [1.807, 2.05) is 11.8 Å². The first kappa shape index (κ1) is 35.3. The smallest absolute Gasteiger partial charge is 0.320 e. The molecule has 44 heavy (non-hydrogen) atoms. The Labute approximate surface area is 256 Å². The molecule has 0 bridgehead atoms. The number of hydrogen-bond acceptors (Lipinski definition) is 14. The molecule has 17 nitrogen and oxygen atoms in total. The van der Waals surface area contributed by atoms with Gasteiger partial charge in [0, 0.05) is 44.6 Å². The second kappa shape index (κ2) is 16.2. The normalized spacial score (nSPS) is 21.1. The van der Waals surface area contributed by atoms with Crippen LogP contribution in [-0.4, -0.2) is 129 Å². The van der Waals surface area contributed by atoms with Crippen molar-refractivity contribution in [2.75, 3.05) is 55.8 Å². The summed E-state index contributed by atoms with van der Waals surface area (Å²) in [5.41, 5.74) is 12.3. The molecule has 0 aliphatic carbocycles. The van der Waals surface area contributed by atoms with Crippen molar-refractivity contribution >= 4 is 44.6 Å². The van der Waals surface area contributed by atoms with Gasteiger partial charge < -0.3 is 47.1 Å². The highest BCUT2D eigenvalue weighted by molar-refractivity contribution is 7.90. The molecule has 9 N–H and O–H groups in total. The summed E-state index contributed by atoms with van der Waals surface area (Å²) < 4.78 is 29.8. The molecule has 1 fully saturated rings. The number of carbonyl (C=O) groups is 2. The van der Waals surface area contributed by atoms with Crippen molar-refractivity contribution < 1.29 is 38.1 Å². The quantitative estimate of drug-likeness (QED) is 0.0875. The van der Waals surface area contributed by atoms with E-state index in [4.69, 9.17) is 21.3 Å². The maximum atomic E-state index is 12.1. The van der Waals surface area contributed by atoms with Crippen LogP contribution in [0.3, 0.4) is 0 Å². The monoisotopic (exact) mass is 643 g/mol. The van der Waals surface area contributed by atoms with Gasteiger partial charge in [0.25, 0.3) is 0 Å². The highest BCUT2D eigenvalue weighted by Crippen LogP contribution is 2.33. The number of amides is 1. The average molecular weight is 644 g/mol. The summed E-state index contributed by atoms with van der Waals surface area (Å²) in [6.45, 7) is 3.66. The minimum absolute atomic E-state index is 0.0904. The van der Waals surface area contributed by atoms with E-state index in [0.717, 1.165) is 12.8 Å². The molecule has 1 amide bonds. The van der Waals surface area contributed by atoms with Gasteiger partial charge >= 0.3 is 5.97 Å². The van der Waals surface area contributed by atoms with Crippen molar-refractivity contribution in [1.29, 1.82) is 0 Å². The van der Waals surface area contributed by atoms with Crippen LogP contribution in [0.5, 0.6) is 0 Å². The third-order valence-corrected chi connectivity index (χ3v) is 8.45. The van der Waals surface area contributed by atoms with E-state index in [-0.39, 0.29) is 47.6 Å². The maximum Gasteiger partial charge on any atom is 0.320 e. The second-order valence-corrected chi connectivity index (χ2v) is 13.3. The van der Waals surface area contributed by atoms with Crippen molar-refractivity contribution in [2.45, 2.75) is 76.0 Å². The summed E-state index contributed by atoms with van der Waals surface area (Å²) in [6, 6.07) is -1.00. The lowest BCUT2D eigenvalue weighted by molar-refractivity contribution is -0.138. The SMILES string of the molecule is CCN(CC[C@H](N)C(=O)O)C[C@H]1O[C@@H](n2cnc3c(N)nc(NCCNC(=O)CCCCCCS(C)(=O)=O)nc32)[C@H](O)[C@@H]1O. The average Bonchev–Trinajstić information content (AvgIpc) is 3.50. The molecule has 0 unspecified atom stereocenters. The van der Waals surface area contributed by atoms with Crippen LogP contribution in [0.4, 0.5) is 11.8 Å². The van der Waals surface area contributed by atoms with Crippen LogP contribution in [0, 0.1) is 0 Å². The van der Waals surface area contributed by atoms with Gasteiger partial charge in [0.05, 0.1) is 6.33 Å². The molecule has 1 aliphatic heterocycles. The van der Waals surface area contributed by atoms with Crippen molar-refractivity contribution in [3.8, 4) is 0 Å². The van der Waals surface area contributed by atoms with Crippen molar-refractivity contribution in [1.82, 2.24) is 29.7 Å². The lowest BCUT2D eigenvalue weighted by Crippen LogP contribution is -2.42. The standard InChI is InChI=1S/C26H45N9O8S/c1-3-34(12-9-16(27)25(39)40)14-17-20(37)21(38)24(43-17)35-15-31-19-22(28)32-26(33-23(19)35)30-11-10-29-18(36)8-6-4-5-7-13-44(2,41)42/h15-17,20-21,24,37-38H,3-14,27H2,1-2H3,(H,29,36)(H,39,40)(H3,28,30,32,33)/t16-,17+,20+,21+,24+/m0/s1. The maximum absolute atomic E-state index is 12.1. The fourth-order valence-electron chi connectivity index (χ4n) is 4.86. The number of unbranched alkanes of at least 4 members (excludes halogenated alkanes) is 3. The van der Waals surface area contributed by atoms with E-state index in [2.05, 4.69) is 25.6 Å². The Kier molecular flexibility index (Phi) is 13.0. The van der Waals surface area contributed by atoms with Gasteiger partial charge in [-0.2, -0.15) is 9.97 Å². The number of imidazole rings is 1. The summed E-state index contributed by atoms with van der Waals surface area (Å²) in [5, 5.41) is 36.4. The Morgan fingerprint density at radius 1 is 1.16 bits per heavy atom. The minimum atomic E-state index is -2.96. The number of aliphatic hydroxyl groups excluding tert-OH is 2. The van der Waals surface area contributed by atoms with Crippen molar-refractivity contribution in [2.24, 2.45) is 5.73 Å². The van der Waals surface area contributed by atoms with E-state index >= 15 is 0 Å². The van der Waals surface area contributed by atoms with Crippen LogP contribution >= 0.6 is 0 Å². The topological polar surface area (TPSA) is 261 Å². The molecule has 0 saturated carbocycles. The molecule has 3 rings (SSSR count). The molecule has 2 aromatic rings. The highest BCUT2D eigenvalue weighted by atomic mass is 32.2. The number of likely N-dealkylation sites (N-methyl/N-ethyl adjacent to an activating group) is 1. The van der Waals surface area contributed by atoms with Crippen molar-refractivity contribution in [3.05, 3.63) is 6.33 Å². The molecule has 1 saturated heterocycles. The summed E-state index contributed by atoms with van der Waals surface area (Å²) in [7, 11) is -2.96. The fourth-order valence-corrected chi connectivity index (χ4v) is 5.59. The van der Waals surface area contributed by atoms with Crippen LogP contribution < -0.4 is 22.1 Å². The van der Waals surface area contributed by atoms with Gasteiger partial charge in [-0.25, -0.2) is 13.4 Å². The summed E-state index contributed by atoms with van der Waals surface area (Å²) in [6.07, 6.45) is 1.63. The van der Waals surface area contributed by atoms with E-state index in [1.54, 1.807) is 0 Å². The second-order valence-electron chi connectivity index (χ2n) is 11.0. The first-order valence-corrected chi connectivity index (χ1v) is 16.8. The Morgan fingerprint density at radius 3 is 2.57 bits per heavy atom. The van der Waals surface area contributed by atoms with Crippen molar-refractivity contribution in [3.63, 3.8) is 0 Å². The number of carboxylic acid groups (broad SMARTS) is 1. The highest BCUT2D eigenvalue weighted by Gasteiger charge is 2.44. The molecule has 5 atom stereocenters. The lowest BCUT2D eigenvalue weighted by Gasteiger charge is -2.26. The number of ether oxygens (including phenoxy) is 1. The zero-order valence-corrected chi connectivity index (χ0v) is 25.9. The lowest BCUT2D eigenvalue weighted by atomic mass is 10.1. The largest absolute Gasteiger partial charge is 0.480 e. The molecule has 18 heteroatoms. The Hall–Kier alpha value is -3.16. The van der Waals surface area contributed by atoms with E-state index in [9.17, 15) is 28.2 Å². The van der Waals surface area contributed by atoms with Gasteiger partial charge in [-0.05, 0) is 25.8 Å². The number of fused-ring (bicyclic) bond motifs is 1. The molecule has 2 aromatic heterocycles. The van der Waals surface area contributed by atoms with Gasteiger partial charge in [-0.3, -0.25) is 14.2 Å². The zero-order valence-electron chi connectivity index (χ0n) is 25.1. The van der Waals surface area contributed by atoms with Gasteiger partial charge in [0.1, 0.15) is 39.7 Å². The summed E-state index contributed by atoms with van der Waals surface area (Å²) in [5.74, 6) is -0.781. The number of nitrogen functional groups attached to an aromatic ring is 1. The van der Waals surface area contributed by atoms with Gasteiger partial charge in [-0.15, -0.1) is 0 Å². The molecule has 0 aromatic carbocycles. The van der Waals surface area contributed by atoms with Crippen LogP contribution in [-0.2, 0) is 24.2 Å². The Bertz CT molecular complexity index is 1360. The summed E-state index contributed by atoms with van der Waals surface area (Å²) >= 11 is 0. The third-order valence-electron chi connectivity index (χ3n) is 7.42. The Morgan fingerprint density at radius 2 is 1.89 bits per heavy atom. The molecular weight excluding hydrogens is 598 g/mol. The first-order chi connectivity index (χ1) is 20.8. The predicted molar refractivity (Wildman–Crippen MR) is 162 cm³/mol. The first-order valence-electron chi connectivity index (χ1n) is 14.7. The number of rotatable bonds is 19. The van der Waals surface area contributed by atoms with Crippen LogP contribution in [0.2, 0.25) is 0 Å². The van der Waals surface area contributed by atoms with E-state index in [1.165, 1.54) is 17.2 Å².